The van der Waals surface area contributed by atoms with Crippen LogP contribution < -0.4 is 9.47 Å². The first-order chi connectivity index (χ1) is 11.6. The third-order valence-corrected chi connectivity index (χ3v) is 6.66. The first-order valence-corrected chi connectivity index (χ1v) is 8.53. The fraction of sp³-hybridized carbons (Fsp3) is 0.450. The summed E-state index contributed by atoms with van der Waals surface area (Å²) in [6.07, 6.45) is 7.49. The van der Waals surface area contributed by atoms with Crippen molar-refractivity contribution in [2.24, 2.45) is 5.41 Å². The van der Waals surface area contributed by atoms with E-state index in [1.165, 1.54) is 11.1 Å². The van der Waals surface area contributed by atoms with Crippen molar-refractivity contribution in [1.29, 1.82) is 0 Å². The van der Waals surface area contributed by atoms with Gasteiger partial charge in [0, 0.05) is 35.9 Å². The summed E-state index contributed by atoms with van der Waals surface area (Å²) < 4.78 is 12.0. The molecule has 5 rings (SSSR count). The Labute approximate surface area is 141 Å². The number of likely N-dealkylation sites (N-methyl/N-ethyl adjacent to an activating group) is 1. The van der Waals surface area contributed by atoms with Crippen molar-refractivity contribution >= 4 is 5.78 Å². The predicted octanol–water partition coefficient (Wildman–Crippen LogP) is 2.48. The maximum Gasteiger partial charge on any atom is 0.199 e. The molecule has 124 valence electrons. The number of ether oxygens (including phenoxy) is 2. The first kappa shape index (κ1) is 14.3. The van der Waals surface area contributed by atoms with Crippen LogP contribution in [0.4, 0.5) is 0 Å². The molecule has 4 atom stereocenters. The number of methoxy groups -OCH3 is 1. The van der Waals surface area contributed by atoms with Crippen LogP contribution in [-0.2, 0) is 11.2 Å². The normalized spacial score (nSPS) is 38.5. The van der Waals surface area contributed by atoms with Crippen molar-refractivity contribution in [3.05, 3.63) is 48.1 Å². The third-order valence-electron chi connectivity index (χ3n) is 6.66. The van der Waals surface area contributed by atoms with Gasteiger partial charge in [0.25, 0.3) is 0 Å². The van der Waals surface area contributed by atoms with E-state index in [-0.39, 0.29) is 17.1 Å². The first-order valence-electron chi connectivity index (χ1n) is 8.53. The number of ketones is 1. The van der Waals surface area contributed by atoms with Gasteiger partial charge in [0.15, 0.2) is 22.9 Å². The highest BCUT2D eigenvalue weighted by Crippen LogP contribution is 2.66. The van der Waals surface area contributed by atoms with Crippen LogP contribution in [0.3, 0.4) is 0 Å². The Balaban J connectivity index is 1.90. The quantitative estimate of drug-likeness (QED) is 0.784. The van der Waals surface area contributed by atoms with E-state index in [1.807, 2.05) is 12.1 Å². The van der Waals surface area contributed by atoms with Gasteiger partial charge in [-0.1, -0.05) is 18.2 Å². The van der Waals surface area contributed by atoms with Gasteiger partial charge in [0.1, 0.15) is 0 Å². The fourth-order valence-electron chi connectivity index (χ4n) is 5.52. The highest BCUT2D eigenvalue weighted by atomic mass is 16.5. The molecule has 4 bridgehead atoms. The molecule has 1 unspecified atom stereocenters. The van der Waals surface area contributed by atoms with E-state index in [2.05, 4.69) is 30.7 Å². The van der Waals surface area contributed by atoms with Crippen LogP contribution in [0.2, 0.25) is 0 Å². The molecule has 2 heterocycles. The van der Waals surface area contributed by atoms with Crippen LogP contribution in [0, 0.1) is 5.41 Å². The van der Waals surface area contributed by atoms with Crippen LogP contribution in [0.1, 0.15) is 23.5 Å². The number of carbonyl (C=O) groups excluding carboxylic acids is 1. The molecule has 4 nitrogen and oxygen atoms in total. The van der Waals surface area contributed by atoms with E-state index >= 15 is 0 Å². The van der Waals surface area contributed by atoms with Crippen LogP contribution >= 0.6 is 0 Å². The molecule has 0 spiro atoms. The summed E-state index contributed by atoms with van der Waals surface area (Å²) in [4.78, 5) is 15.4. The van der Waals surface area contributed by atoms with Gasteiger partial charge in [-0.2, -0.15) is 0 Å². The molecule has 0 radical (unpaired) electrons. The molecule has 0 N–H and O–H groups in total. The Morgan fingerprint density at radius 3 is 3.04 bits per heavy atom. The van der Waals surface area contributed by atoms with Crippen molar-refractivity contribution in [2.75, 3.05) is 20.7 Å². The number of benzene rings is 1. The molecular weight excluding hydrogens is 302 g/mol. The summed E-state index contributed by atoms with van der Waals surface area (Å²) in [5.74, 6) is 1.56. The predicted molar refractivity (Wildman–Crippen MR) is 90.6 cm³/mol. The zero-order valence-electron chi connectivity index (χ0n) is 14.0. The molecule has 1 saturated heterocycles. The molecule has 4 aliphatic rings. The van der Waals surface area contributed by atoms with Crippen LogP contribution in [0.15, 0.2) is 36.9 Å². The van der Waals surface area contributed by atoms with Crippen LogP contribution in [-0.4, -0.2) is 43.0 Å². The molecule has 2 aliphatic heterocycles. The zero-order valence-corrected chi connectivity index (χ0v) is 14.0. The Morgan fingerprint density at radius 2 is 2.29 bits per heavy atom. The second kappa shape index (κ2) is 4.31. The summed E-state index contributed by atoms with van der Waals surface area (Å²) in [5, 5.41) is 0. The second-order valence-corrected chi connectivity index (χ2v) is 7.45. The molecule has 1 aromatic carbocycles. The molecule has 4 heteroatoms. The minimum atomic E-state index is -0.821. The average Bonchev–Trinajstić information content (AvgIpc) is 2.96. The standard InChI is InChI=1S/C20H21NO3/c1-4-19-8-7-15(22)20-9-10-21(2)14(19)11-12-5-6-13(23-3)17(24-20)16(12)18(19)20/h4-8,14,18H,1,9-11H2,2-3H3/t14-,18?,19+,20-/m1/s1. The highest BCUT2D eigenvalue weighted by Gasteiger charge is 2.68. The van der Waals surface area contributed by atoms with Crippen LogP contribution in [0.25, 0.3) is 0 Å². The Bertz CT molecular complexity index is 813. The number of hydrogen-bond donors (Lipinski definition) is 0. The lowest BCUT2D eigenvalue weighted by atomic mass is 9.54. The minimum absolute atomic E-state index is 0.0104. The molecule has 0 aromatic heterocycles. The van der Waals surface area contributed by atoms with Gasteiger partial charge in [-0.15, -0.1) is 6.58 Å². The lowest BCUT2D eigenvalue weighted by Crippen LogP contribution is -2.57. The largest absolute Gasteiger partial charge is 0.493 e. The van der Waals surface area contributed by atoms with E-state index in [4.69, 9.17) is 9.47 Å². The summed E-state index contributed by atoms with van der Waals surface area (Å²) >= 11 is 0. The number of hydrogen-bond acceptors (Lipinski definition) is 4. The molecular formula is C20H21NO3. The monoisotopic (exact) mass is 323 g/mol. The van der Waals surface area contributed by atoms with E-state index in [0.717, 1.165) is 24.5 Å². The van der Waals surface area contributed by atoms with Crippen LogP contribution in [0.5, 0.6) is 11.5 Å². The molecule has 24 heavy (non-hydrogen) atoms. The number of carbonyl (C=O) groups is 1. The zero-order chi connectivity index (χ0) is 16.7. The second-order valence-electron chi connectivity index (χ2n) is 7.45. The maximum absolute atomic E-state index is 13.0. The van der Waals surface area contributed by atoms with E-state index in [0.29, 0.717) is 12.5 Å². The van der Waals surface area contributed by atoms with Crippen molar-refractivity contribution < 1.29 is 14.3 Å². The van der Waals surface area contributed by atoms with Gasteiger partial charge in [-0.3, -0.25) is 4.79 Å². The number of likely N-dealkylation sites (tertiary alicyclic amines) is 1. The Morgan fingerprint density at radius 1 is 1.46 bits per heavy atom. The van der Waals surface area contributed by atoms with E-state index in [1.54, 1.807) is 13.2 Å². The van der Waals surface area contributed by atoms with Crippen molar-refractivity contribution in [2.45, 2.75) is 30.4 Å². The molecule has 2 aliphatic carbocycles. The van der Waals surface area contributed by atoms with Gasteiger partial charge < -0.3 is 14.4 Å². The summed E-state index contributed by atoms with van der Waals surface area (Å²) in [6.45, 7) is 5.01. The number of nitrogens with zero attached hydrogens (tertiary/aromatic N) is 1. The lowest BCUT2D eigenvalue weighted by molar-refractivity contribution is -0.132. The van der Waals surface area contributed by atoms with Gasteiger partial charge in [-0.05, 0) is 31.2 Å². The van der Waals surface area contributed by atoms with Crippen molar-refractivity contribution in [3.8, 4) is 11.5 Å². The van der Waals surface area contributed by atoms with E-state index < -0.39 is 5.60 Å². The van der Waals surface area contributed by atoms with Crippen molar-refractivity contribution in [1.82, 2.24) is 4.90 Å². The third kappa shape index (κ3) is 1.34. The maximum atomic E-state index is 13.0. The fourth-order valence-corrected chi connectivity index (χ4v) is 5.52. The SMILES string of the molecule is C=C[C@]12C=CC(=O)[C@]34CCN(C)[C@@H]1Cc1ccc(OC)c(c1C23)O4. The lowest BCUT2D eigenvalue weighted by Gasteiger charge is -2.50. The van der Waals surface area contributed by atoms with Gasteiger partial charge in [0.05, 0.1) is 7.11 Å². The summed E-state index contributed by atoms with van der Waals surface area (Å²) in [6, 6.07) is 4.40. The Hall–Kier alpha value is -2.07. The minimum Gasteiger partial charge on any atom is -0.493 e. The van der Waals surface area contributed by atoms with Gasteiger partial charge >= 0.3 is 0 Å². The van der Waals surface area contributed by atoms with Crippen molar-refractivity contribution in [3.63, 3.8) is 0 Å². The molecule has 1 fully saturated rings. The summed E-state index contributed by atoms with van der Waals surface area (Å²) in [7, 11) is 3.80. The topological polar surface area (TPSA) is 38.8 Å². The average molecular weight is 323 g/mol. The molecule has 0 amide bonds. The Kier molecular flexibility index (Phi) is 2.56. The summed E-state index contributed by atoms with van der Waals surface area (Å²) in [5.41, 5.74) is 1.34. The number of rotatable bonds is 2. The molecule has 0 saturated carbocycles. The van der Waals surface area contributed by atoms with E-state index in [9.17, 15) is 4.79 Å². The smallest absolute Gasteiger partial charge is 0.199 e. The molecule has 1 aromatic rings. The highest BCUT2D eigenvalue weighted by molar-refractivity contribution is 6.01. The van der Waals surface area contributed by atoms with Gasteiger partial charge in [0.2, 0.25) is 0 Å². The van der Waals surface area contributed by atoms with Gasteiger partial charge in [-0.25, -0.2) is 0 Å².